The maximum absolute atomic E-state index is 13.3. The second-order valence-corrected chi connectivity index (χ2v) is 8.36. The number of nitrogens with one attached hydrogen (secondary N) is 1. The molecule has 4 aromatic rings. The fourth-order valence-corrected chi connectivity index (χ4v) is 4.14. The molecule has 9 heteroatoms. The van der Waals surface area contributed by atoms with E-state index in [0.717, 1.165) is 11.1 Å². The number of benzene rings is 1. The molecule has 0 spiro atoms. The van der Waals surface area contributed by atoms with Crippen LogP contribution in [0.1, 0.15) is 27.3 Å². The van der Waals surface area contributed by atoms with Gasteiger partial charge in [0.05, 0.1) is 35.0 Å². The molecule has 0 aliphatic heterocycles. The van der Waals surface area contributed by atoms with Crippen LogP contribution in [-0.2, 0) is 11.3 Å². The quantitative estimate of drug-likeness (QED) is 0.300. The summed E-state index contributed by atoms with van der Waals surface area (Å²) in [5.74, 6) is -1.07. The highest BCUT2D eigenvalue weighted by atomic mass is 35.5. The van der Waals surface area contributed by atoms with Gasteiger partial charge in [-0.3, -0.25) is 14.6 Å². The molecule has 0 bridgehead atoms. The minimum atomic E-state index is -0.755. The first-order valence-corrected chi connectivity index (χ1v) is 10.8. The van der Waals surface area contributed by atoms with Gasteiger partial charge in [0.15, 0.2) is 0 Å². The molecule has 0 atom stereocenters. The molecule has 0 fully saturated rings. The smallest absolute Gasteiger partial charge is 0.296 e. The molecular weight excluding hydrogens is 463 g/mol. The van der Waals surface area contributed by atoms with E-state index in [1.165, 1.54) is 19.5 Å². The number of ketones is 1. The number of hydrogen-bond acceptors (Lipinski definition) is 5. The molecule has 0 aliphatic carbocycles. The topological polar surface area (TPSA) is 86.1 Å². The number of pyridine rings is 2. The number of rotatable bonds is 6. The first-order chi connectivity index (χ1) is 15.8. The number of halogens is 2. The van der Waals surface area contributed by atoms with Gasteiger partial charge in [-0.15, -0.1) is 0 Å². The zero-order valence-corrected chi connectivity index (χ0v) is 19.7. The molecule has 0 saturated carbocycles. The predicted molar refractivity (Wildman–Crippen MR) is 129 cm³/mol. The summed E-state index contributed by atoms with van der Waals surface area (Å²) in [7, 11) is 1.47. The summed E-state index contributed by atoms with van der Waals surface area (Å²) in [6.07, 6.45) is 3.01. The van der Waals surface area contributed by atoms with Crippen LogP contribution in [0.15, 0.2) is 48.8 Å². The van der Waals surface area contributed by atoms with Gasteiger partial charge < -0.3 is 14.6 Å². The molecule has 4 rings (SSSR count). The van der Waals surface area contributed by atoms with E-state index >= 15 is 0 Å². The molecule has 168 valence electrons. The highest BCUT2D eigenvalue weighted by Gasteiger charge is 2.26. The van der Waals surface area contributed by atoms with Crippen molar-refractivity contribution in [2.24, 2.45) is 0 Å². The lowest BCUT2D eigenvalue weighted by Gasteiger charge is -2.10. The number of fused-ring (bicyclic) bond motifs is 1. The molecule has 3 heterocycles. The average molecular weight is 483 g/mol. The van der Waals surface area contributed by atoms with Crippen LogP contribution in [-0.4, -0.2) is 33.3 Å². The summed E-state index contributed by atoms with van der Waals surface area (Å²) in [6, 6.07) is 10.5. The number of nitrogens with zero attached hydrogens (tertiary/aromatic N) is 3. The summed E-state index contributed by atoms with van der Waals surface area (Å²) < 4.78 is 7.00. The minimum absolute atomic E-state index is 0.317. The fourth-order valence-electron chi connectivity index (χ4n) is 3.70. The maximum atomic E-state index is 13.3. The van der Waals surface area contributed by atoms with Gasteiger partial charge in [-0.25, -0.2) is 4.98 Å². The minimum Gasteiger partial charge on any atom is -0.481 e. The normalized spacial score (nSPS) is 10.9. The molecule has 1 N–H and O–H groups in total. The third-order valence-electron chi connectivity index (χ3n) is 5.31. The number of hydrogen-bond donors (Lipinski definition) is 1. The number of aryl methyl sites for hydroxylation is 1. The average Bonchev–Trinajstić information content (AvgIpc) is 3.05. The van der Waals surface area contributed by atoms with Crippen molar-refractivity contribution in [2.45, 2.75) is 20.4 Å². The Hall–Kier alpha value is -3.42. The Kier molecular flexibility index (Phi) is 6.35. The molecule has 7 nitrogen and oxygen atoms in total. The van der Waals surface area contributed by atoms with Gasteiger partial charge in [0.1, 0.15) is 0 Å². The van der Waals surface area contributed by atoms with E-state index < -0.39 is 11.7 Å². The van der Waals surface area contributed by atoms with Crippen molar-refractivity contribution in [1.29, 1.82) is 0 Å². The van der Waals surface area contributed by atoms with Crippen molar-refractivity contribution in [3.05, 3.63) is 81.4 Å². The van der Waals surface area contributed by atoms with Crippen LogP contribution < -0.4 is 10.1 Å². The second kappa shape index (κ2) is 9.21. The zero-order chi connectivity index (χ0) is 23.7. The van der Waals surface area contributed by atoms with Crippen LogP contribution in [0.3, 0.4) is 0 Å². The lowest BCUT2D eigenvalue weighted by atomic mass is 10.0. The number of anilines is 1. The molecular formula is C24H20Cl2N4O3. The summed E-state index contributed by atoms with van der Waals surface area (Å²) in [5, 5.41) is 4.18. The zero-order valence-electron chi connectivity index (χ0n) is 18.1. The predicted octanol–water partition coefficient (Wildman–Crippen LogP) is 5.23. The third kappa shape index (κ3) is 4.55. The standard InChI is InChI=1S/C24H20Cl2N4O3/c1-13-4-5-20-17(8-13)22(14(2)30(20)12-19-18(26)9-15(25)11-28-19)23(31)24(32)29-16-6-7-27-21(10-16)33-3/h4-11H,12H2,1-3H3,(H,27,29,32). The molecule has 1 aromatic carbocycles. The maximum Gasteiger partial charge on any atom is 0.296 e. The van der Waals surface area contributed by atoms with Gasteiger partial charge in [-0.05, 0) is 38.1 Å². The van der Waals surface area contributed by atoms with E-state index in [9.17, 15) is 9.59 Å². The van der Waals surface area contributed by atoms with Crippen molar-refractivity contribution < 1.29 is 14.3 Å². The lowest BCUT2D eigenvalue weighted by Crippen LogP contribution is -2.23. The summed E-state index contributed by atoms with van der Waals surface area (Å²) >= 11 is 12.3. The Balaban J connectivity index is 1.75. The lowest BCUT2D eigenvalue weighted by molar-refractivity contribution is -0.112. The van der Waals surface area contributed by atoms with E-state index in [2.05, 4.69) is 15.3 Å². The Morgan fingerprint density at radius 3 is 2.61 bits per heavy atom. The van der Waals surface area contributed by atoms with Crippen LogP contribution in [0.25, 0.3) is 10.9 Å². The van der Waals surface area contributed by atoms with E-state index in [4.69, 9.17) is 27.9 Å². The Morgan fingerprint density at radius 2 is 1.88 bits per heavy atom. The summed E-state index contributed by atoms with van der Waals surface area (Å²) in [5.41, 5.74) is 3.75. The third-order valence-corrected chi connectivity index (χ3v) is 5.84. The van der Waals surface area contributed by atoms with Crippen LogP contribution in [0.5, 0.6) is 5.88 Å². The Morgan fingerprint density at radius 1 is 1.09 bits per heavy atom. The number of carbonyl (C=O) groups is 2. The van der Waals surface area contributed by atoms with Crippen molar-refractivity contribution in [1.82, 2.24) is 14.5 Å². The van der Waals surface area contributed by atoms with Crippen LogP contribution in [0.4, 0.5) is 5.69 Å². The molecule has 3 aromatic heterocycles. The van der Waals surface area contributed by atoms with Crippen molar-refractivity contribution in [3.63, 3.8) is 0 Å². The molecule has 0 radical (unpaired) electrons. The van der Waals surface area contributed by atoms with E-state index in [-0.39, 0.29) is 0 Å². The van der Waals surface area contributed by atoms with Gasteiger partial charge in [-0.2, -0.15) is 0 Å². The number of aromatic nitrogens is 3. The van der Waals surface area contributed by atoms with E-state index in [1.54, 1.807) is 25.1 Å². The number of Topliss-reactive ketones (excluding diaryl/α,β-unsaturated/α-hetero) is 1. The monoisotopic (exact) mass is 482 g/mol. The Bertz CT molecular complexity index is 1400. The largest absolute Gasteiger partial charge is 0.481 e. The van der Waals surface area contributed by atoms with Gasteiger partial charge >= 0.3 is 0 Å². The second-order valence-electron chi connectivity index (χ2n) is 7.52. The molecule has 1 amide bonds. The van der Waals surface area contributed by atoms with Gasteiger partial charge in [0, 0.05) is 40.7 Å². The van der Waals surface area contributed by atoms with Crippen molar-refractivity contribution in [2.75, 3.05) is 12.4 Å². The van der Waals surface area contributed by atoms with Crippen molar-refractivity contribution in [3.8, 4) is 5.88 Å². The van der Waals surface area contributed by atoms with Gasteiger partial charge in [-0.1, -0.05) is 34.8 Å². The molecule has 33 heavy (non-hydrogen) atoms. The number of methoxy groups -OCH3 is 1. The van der Waals surface area contributed by atoms with Crippen LogP contribution in [0, 0.1) is 13.8 Å². The number of amides is 1. The SMILES string of the molecule is COc1cc(NC(=O)C(=O)c2c(C)n(Cc3ncc(Cl)cc3Cl)c3ccc(C)cc23)ccn1. The van der Waals surface area contributed by atoms with Crippen LogP contribution in [0.2, 0.25) is 10.0 Å². The number of ether oxygens (including phenoxy) is 1. The Labute approximate surface area is 200 Å². The first kappa shape index (κ1) is 22.8. The summed E-state index contributed by atoms with van der Waals surface area (Å²) in [4.78, 5) is 34.5. The molecule has 0 aliphatic rings. The summed E-state index contributed by atoms with van der Waals surface area (Å²) in [6.45, 7) is 4.05. The number of carbonyl (C=O) groups excluding carboxylic acids is 2. The molecule has 0 saturated heterocycles. The van der Waals surface area contributed by atoms with Crippen LogP contribution >= 0.6 is 23.2 Å². The molecule has 0 unspecified atom stereocenters. The highest BCUT2D eigenvalue weighted by molar-refractivity contribution is 6.48. The van der Waals surface area contributed by atoms with Gasteiger partial charge in [0.25, 0.3) is 11.7 Å². The van der Waals surface area contributed by atoms with E-state index in [0.29, 0.717) is 50.5 Å². The van der Waals surface area contributed by atoms with E-state index in [1.807, 2.05) is 29.7 Å². The highest BCUT2D eigenvalue weighted by Crippen LogP contribution is 2.30. The van der Waals surface area contributed by atoms with Crippen molar-refractivity contribution >= 4 is 51.5 Å². The first-order valence-electron chi connectivity index (χ1n) is 10.0. The fraction of sp³-hybridized carbons (Fsp3) is 0.167. The van der Waals surface area contributed by atoms with Gasteiger partial charge in [0.2, 0.25) is 5.88 Å².